The Labute approximate surface area is 205 Å². The summed E-state index contributed by atoms with van der Waals surface area (Å²) < 4.78 is 5.92. The van der Waals surface area contributed by atoms with E-state index in [0.717, 1.165) is 51.9 Å². The fraction of sp³-hybridized carbons (Fsp3) is 0.154. The minimum absolute atomic E-state index is 0.105. The molecule has 5 rings (SSSR count). The van der Waals surface area contributed by atoms with Crippen LogP contribution < -0.4 is 5.32 Å². The highest BCUT2D eigenvalue weighted by molar-refractivity contribution is 7.99. The number of fused-ring (bicyclic) bond motifs is 1. The van der Waals surface area contributed by atoms with Crippen LogP contribution in [0.1, 0.15) is 39.4 Å². The minimum atomic E-state index is -0.105. The van der Waals surface area contributed by atoms with Gasteiger partial charge in [-0.2, -0.15) is 0 Å². The number of para-hydroxylation sites is 1. The van der Waals surface area contributed by atoms with Gasteiger partial charge in [-0.15, -0.1) is 11.3 Å². The van der Waals surface area contributed by atoms with E-state index < -0.39 is 0 Å². The van der Waals surface area contributed by atoms with E-state index in [1.807, 2.05) is 66.7 Å². The molecular weight excluding hydrogens is 472 g/mol. The fourth-order valence-corrected chi connectivity index (χ4v) is 5.93. The van der Waals surface area contributed by atoms with Crippen molar-refractivity contribution >= 4 is 57.5 Å². The number of aliphatic imine (C=N–C) groups is 1. The average Bonchev–Trinajstić information content (AvgIpc) is 3.43. The van der Waals surface area contributed by atoms with Crippen molar-refractivity contribution in [3.8, 4) is 0 Å². The number of anilines is 1. The maximum absolute atomic E-state index is 13.2. The van der Waals surface area contributed by atoms with Crippen LogP contribution in [-0.4, -0.2) is 12.1 Å². The van der Waals surface area contributed by atoms with Gasteiger partial charge < -0.3 is 9.73 Å². The summed E-state index contributed by atoms with van der Waals surface area (Å²) in [5, 5.41) is 5.24. The molecule has 166 valence electrons. The standard InChI is InChI=1S/C26H21ClN2O2S2/c27-17-10-13-20(14-11-17)32-23-15-12-19(31-23)16-28-26-24(21-8-4-5-9-22(21)33-26)25(30)29-18-6-2-1-3-7-18/h1-3,6-7,10-16H,4-5,8-9H2,(H,29,30). The largest absolute Gasteiger partial charge is 0.449 e. The average molecular weight is 493 g/mol. The molecule has 0 atom stereocenters. The van der Waals surface area contributed by atoms with Crippen molar-refractivity contribution in [2.24, 2.45) is 4.99 Å². The van der Waals surface area contributed by atoms with E-state index in [0.29, 0.717) is 16.3 Å². The molecule has 1 N–H and O–H groups in total. The Bertz CT molecular complexity index is 1290. The molecule has 7 heteroatoms. The lowest BCUT2D eigenvalue weighted by atomic mass is 9.95. The lowest BCUT2D eigenvalue weighted by molar-refractivity contribution is 0.102. The van der Waals surface area contributed by atoms with Crippen LogP contribution in [0.3, 0.4) is 0 Å². The summed E-state index contributed by atoms with van der Waals surface area (Å²) >= 11 is 9.09. The first kappa shape index (κ1) is 22.0. The molecule has 1 amide bonds. The second-order valence-corrected chi connectivity index (χ2v) is 10.3. The summed E-state index contributed by atoms with van der Waals surface area (Å²) in [6.07, 6.45) is 5.87. The van der Waals surface area contributed by atoms with Gasteiger partial charge in [0, 0.05) is 20.5 Å². The molecule has 2 aromatic heterocycles. The molecule has 1 aliphatic rings. The molecule has 0 saturated carbocycles. The number of thiophene rings is 1. The summed E-state index contributed by atoms with van der Waals surface area (Å²) in [6.45, 7) is 0. The Balaban J connectivity index is 1.38. The van der Waals surface area contributed by atoms with E-state index in [9.17, 15) is 4.79 Å². The van der Waals surface area contributed by atoms with E-state index in [1.165, 1.54) is 16.6 Å². The summed E-state index contributed by atoms with van der Waals surface area (Å²) in [4.78, 5) is 20.2. The highest BCUT2D eigenvalue weighted by Crippen LogP contribution is 2.40. The first-order valence-corrected chi connectivity index (χ1v) is 12.7. The van der Waals surface area contributed by atoms with Gasteiger partial charge in [-0.3, -0.25) is 4.79 Å². The number of furan rings is 1. The van der Waals surface area contributed by atoms with Crippen molar-refractivity contribution in [1.82, 2.24) is 0 Å². The van der Waals surface area contributed by atoms with Crippen molar-refractivity contribution in [1.29, 1.82) is 0 Å². The topological polar surface area (TPSA) is 54.6 Å². The zero-order valence-electron chi connectivity index (χ0n) is 17.7. The summed E-state index contributed by atoms with van der Waals surface area (Å²) in [6, 6.07) is 21.0. The first-order chi connectivity index (χ1) is 16.2. The molecule has 4 nitrogen and oxygen atoms in total. The number of hydrogen-bond acceptors (Lipinski definition) is 5. The van der Waals surface area contributed by atoms with E-state index in [2.05, 4.69) is 10.3 Å². The van der Waals surface area contributed by atoms with Gasteiger partial charge in [0.05, 0.1) is 11.8 Å². The quantitative estimate of drug-likeness (QED) is 0.277. The van der Waals surface area contributed by atoms with Crippen LogP contribution in [0.25, 0.3) is 0 Å². The summed E-state index contributed by atoms with van der Waals surface area (Å²) in [7, 11) is 0. The Hall–Kier alpha value is -2.80. The third-order valence-corrected chi connectivity index (χ3v) is 7.73. The maximum Gasteiger partial charge on any atom is 0.259 e. The number of rotatable bonds is 6. The van der Waals surface area contributed by atoms with E-state index in [4.69, 9.17) is 16.0 Å². The van der Waals surface area contributed by atoms with E-state index in [-0.39, 0.29) is 5.91 Å². The molecule has 0 fully saturated rings. The zero-order valence-corrected chi connectivity index (χ0v) is 20.1. The predicted molar refractivity (Wildman–Crippen MR) is 137 cm³/mol. The van der Waals surface area contributed by atoms with Crippen LogP contribution in [0.2, 0.25) is 5.02 Å². The Morgan fingerprint density at radius 2 is 1.82 bits per heavy atom. The van der Waals surface area contributed by atoms with Gasteiger partial charge in [0.25, 0.3) is 5.91 Å². The van der Waals surface area contributed by atoms with Gasteiger partial charge in [-0.1, -0.05) is 41.6 Å². The van der Waals surface area contributed by atoms with Crippen molar-refractivity contribution in [2.75, 3.05) is 5.32 Å². The normalized spacial score (nSPS) is 13.2. The van der Waals surface area contributed by atoms with Gasteiger partial charge in [0.1, 0.15) is 10.8 Å². The van der Waals surface area contributed by atoms with Crippen LogP contribution in [0, 0.1) is 0 Å². The third-order valence-electron chi connectivity index (χ3n) is 5.35. The van der Waals surface area contributed by atoms with Crippen LogP contribution in [0.15, 0.2) is 86.1 Å². The number of aryl methyl sites for hydroxylation is 1. The van der Waals surface area contributed by atoms with Gasteiger partial charge >= 0.3 is 0 Å². The van der Waals surface area contributed by atoms with Crippen LogP contribution in [0.4, 0.5) is 10.7 Å². The molecule has 0 bridgehead atoms. The van der Waals surface area contributed by atoms with Crippen molar-refractivity contribution in [3.63, 3.8) is 0 Å². The highest BCUT2D eigenvalue weighted by Gasteiger charge is 2.25. The number of hydrogen-bond donors (Lipinski definition) is 1. The second-order valence-electron chi connectivity index (χ2n) is 7.68. The van der Waals surface area contributed by atoms with Crippen LogP contribution in [-0.2, 0) is 12.8 Å². The van der Waals surface area contributed by atoms with Crippen molar-refractivity contribution in [3.05, 3.63) is 93.5 Å². The van der Waals surface area contributed by atoms with Gasteiger partial charge in [-0.25, -0.2) is 4.99 Å². The Morgan fingerprint density at radius 1 is 1.03 bits per heavy atom. The van der Waals surface area contributed by atoms with Crippen molar-refractivity contribution in [2.45, 2.75) is 35.7 Å². The molecule has 1 aliphatic carbocycles. The third kappa shape index (κ3) is 5.24. The van der Waals surface area contributed by atoms with Crippen LogP contribution >= 0.6 is 34.7 Å². The lowest BCUT2D eigenvalue weighted by Crippen LogP contribution is -2.14. The minimum Gasteiger partial charge on any atom is -0.449 e. The van der Waals surface area contributed by atoms with Crippen LogP contribution in [0.5, 0.6) is 0 Å². The maximum atomic E-state index is 13.2. The van der Waals surface area contributed by atoms with Gasteiger partial charge in [0.2, 0.25) is 0 Å². The monoisotopic (exact) mass is 492 g/mol. The second kappa shape index (κ2) is 10.00. The van der Waals surface area contributed by atoms with Gasteiger partial charge in [-0.05, 0) is 79.8 Å². The molecule has 2 heterocycles. The molecule has 0 unspecified atom stereocenters. The Kier molecular flexibility index (Phi) is 6.67. The lowest BCUT2D eigenvalue weighted by Gasteiger charge is -2.12. The van der Waals surface area contributed by atoms with E-state index in [1.54, 1.807) is 17.6 Å². The fourth-order valence-electron chi connectivity index (χ4n) is 3.79. The first-order valence-electron chi connectivity index (χ1n) is 10.7. The molecule has 0 aliphatic heterocycles. The smallest absolute Gasteiger partial charge is 0.259 e. The van der Waals surface area contributed by atoms with Crippen molar-refractivity contribution < 1.29 is 9.21 Å². The predicted octanol–water partition coefficient (Wildman–Crippen LogP) is 8.03. The molecule has 0 saturated heterocycles. The number of nitrogens with one attached hydrogen (secondary N) is 1. The summed E-state index contributed by atoms with van der Waals surface area (Å²) in [5.41, 5.74) is 2.62. The number of halogens is 1. The highest BCUT2D eigenvalue weighted by atomic mass is 35.5. The molecular formula is C26H21ClN2O2S2. The number of benzene rings is 2. The summed E-state index contributed by atoms with van der Waals surface area (Å²) in [5.74, 6) is 0.540. The zero-order chi connectivity index (χ0) is 22.6. The molecule has 33 heavy (non-hydrogen) atoms. The number of amides is 1. The molecule has 0 spiro atoms. The number of carbonyl (C=O) groups excluding carboxylic acids is 1. The molecule has 2 aromatic carbocycles. The molecule has 0 radical (unpaired) electrons. The van der Waals surface area contributed by atoms with E-state index >= 15 is 0 Å². The number of carbonyl (C=O) groups is 1. The molecule has 4 aromatic rings. The number of nitrogens with zero attached hydrogens (tertiary/aromatic N) is 1. The van der Waals surface area contributed by atoms with Gasteiger partial charge in [0.15, 0.2) is 5.09 Å². The Morgan fingerprint density at radius 3 is 2.64 bits per heavy atom. The SMILES string of the molecule is O=C(Nc1ccccc1)c1c(N=Cc2ccc(Sc3ccc(Cl)cc3)o2)sc2c1CCCC2.